The predicted molar refractivity (Wildman–Crippen MR) is 144 cm³/mol. The second-order valence-corrected chi connectivity index (χ2v) is 9.84. The summed E-state index contributed by atoms with van der Waals surface area (Å²) in [7, 11) is 1.55. The molecule has 37 heavy (non-hydrogen) atoms. The molecule has 3 aromatic carbocycles. The minimum Gasteiger partial charge on any atom is -0.507 e. The summed E-state index contributed by atoms with van der Waals surface area (Å²) < 4.78 is 11.8. The van der Waals surface area contributed by atoms with E-state index in [-0.39, 0.29) is 11.3 Å². The average Bonchev–Trinajstić information content (AvgIpc) is 3.43. The van der Waals surface area contributed by atoms with Crippen molar-refractivity contribution in [2.45, 2.75) is 26.8 Å². The highest BCUT2D eigenvalue weighted by molar-refractivity contribution is 7.22. The van der Waals surface area contributed by atoms with Crippen molar-refractivity contribution in [2.75, 3.05) is 18.6 Å². The van der Waals surface area contributed by atoms with E-state index in [1.807, 2.05) is 32.9 Å². The Hall–Kier alpha value is -4.17. The highest BCUT2D eigenvalue weighted by Crippen LogP contribution is 2.45. The van der Waals surface area contributed by atoms with Crippen molar-refractivity contribution in [3.05, 3.63) is 88.5 Å². The van der Waals surface area contributed by atoms with Crippen molar-refractivity contribution < 1.29 is 24.2 Å². The fraction of sp³-hybridized carbons (Fsp3) is 0.207. The van der Waals surface area contributed by atoms with Gasteiger partial charge in [-0.25, -0.2) is 4.98 Å². The number of benzene rings is 3. The molecule has 5 rings (SSSR count). The van der Waals surface area contributed by atoms with Crippen LogP contribution in [-0.2, 0) is 9.59 Å². The molecule has 2 heterocycles. The highest BCUT2D eigenvalue weighted by atomic mass is 32.1. The summed E-state index contributed by atoms with van der Waals surface area (Å²) in [5, 5.41) is 11.8. The molecular weight excluding hydrogens is 488 g/mol. The van der Waals surface area contributed by atoms with Gasteiger partial charge < -0.3 is 14.6 Å². The molecular formula is C29H26N2O5S. The van der Waals surface area contributed by atoms with Crippen LogP contribution in [0.15, 0.2) is 66.2 Å². The maximum atomic E-state index is 13.5. The fourth-order valence-corrected chi connectivity index (χ4v) is 5.82. The van der Waals surface area contributed by atoms with Crippen molar-refractivity contribution in [3.63, 3.8) is 0 Å². The van der Waals surface area contributed by atoms with Crippen molar-refractivity contribution in [1.82, 2.24) is 4.98 Å². The molecule has 0 bridgehead atoms. The summed E-state index contributed by atoms with van der Waals surface area (Å²) in [4.78, 5) is 33.1. The Kier molecular flexibility index (Phi) is 6.43. The molecule has 0 radical (unpaired) electrons. The Balaban J connectivity index is 1.71. The van der Waals surface area contributed by atoms with Crippen LogP contribution >= 0.6 is 11.3 Å². The summed E-state index contributed by atoms with van der Waals surface area (Å²) in [6.07, 6.45) is 0. The maximum absolute atomic E-state index is 13.5. The minimum absolute atomic E-state index is 0.00503. The first-order chi connectivity index (χ1) is 17.8. The molecule has 0 saturated carbocycles. The lowest BCUT2D eigenvalue weighted by Crippen LogP contribution is -2.29. The number of aryl methyl sites for hydroxylation is 2. The lowest BCUT2D eigenvalue weighted by molar-refractivity contribution is -0.132. The second-order valence-electron chi connectivity index (χ2n) is 8.83. The van der Waals surface area contributed by atoms with Gasteiger partial charge in [0.1, 0.15) is 17.3 Å². The van der Waals surface area contributed by atoms with Crippen LogP contribution in [0, 0.1) is 13.8 Å². The largest absolute Gasteiger partial charge is 0.507 e. The van der Waals surface area contributed by atoms with Crippen LogP contribution < -0.4 is 14.4 Å². The summed E-state index contributed by atoms with van der Waals surface area (Å²) in [6.45, 7) is 6.37. The van der Waals surface area contributed by atoms with Crippen molar-refractivity contribution >= 4 is 44.1 Å². The van der Waals surface area contributed by atoms with Crippen LogP contribution in [0.4, 0.5) is 5.13 Å². The van der Waals surface area contributed by atoms with E-state index < -0.39 is 17.7 Å². The number of nitrogens with zero attached hydrogens (tertiary/aromatic N) is 2. The van der Waals surface area contributed by atoms with Crippen LogP contribution in [0.25, 0.3) is 16.0 Å². The standard InChI is InChI=1S/C29H26N2O5S/c1-5-36-20-11-9-18(10-12-20)26(32)23-25(19-7-6-8-21(15-19)35-4)31(28(34)27(23)33)29-30-24-17(3)13-16(2)14-22(24)37-29/h6-15,25,32H,5H2,1-4H3/b26-23+/t25-/m0/s1. The number of carbonyl (C=O) groups is 2. The third-order valence-electron chi connectivity index (χ3n) is 6.32. The number of amides is 1. The number of aromatic nitrogens is 1. The number of aliphatic hydroxyl groups excluding tert-OH is 1. The number of ether oxygens (including phenoxy) is 2. The Labute approximate surface area is 218 Å². The zero-order chi connectivity index (χ0) is 26.3. The van der Waals surface area contributed by atoms with Gasteiger partial charge in [0.25, 0.3) is 5.78 Å². The summed E-state index contributed by atoms with van der Waals surface area (Å²) >= 11 is 1.34. The molecule has 1 N–H and O–H groups in total. The number of anilines is 1. The van der Waals surface area contributed by atoms with Gasteiger partial charge in [-0.1, -0.05) is 29.5 Å². The van der Waals surface area contributed by atoms with E-state index in [4.69, 9.17) is 14.5 Å². The quantitative estimate of drug-likeness (QED) is 0.194. The Morgan fingerprint density at radius 2 is 1.81 bits per heavy atom. The highest BCUT2D eigenvalue weighted by Gasteiger charge is 2.48. The molecule has 0 aliphatic carbocycles. The first-order valence-corrected chi connectivity index (χ1v) is 12.7. The Morgan fingerprint density at radius 1 is 1.05 bits per heavy atom. The molecule has 4 aromatic rings. The number of aliphatic hydroxyl groups is 1. The zero-order valence-electron chi connectivity index (χ0n) is 20.9. The number of methoxy groups -OCH3 is 1. The smallest absolute Gasteiger partial charge is 0.301 e. The SMILES string of the molecule is CCOc1ccc(/C(O)=C2\C(=O)C(=O)N(c3nc4c(C)cc(C)cc4s3)[C@H]2c2cccc(OC)c2)cc1. The summed E-state index contributed by atoms with van der Waals surface area (Å²) in [6, 6.07) is 17.1. The normalized spacial score (nSPS) is 17.0. The molecule has 1 aliphatic rings. The number of thiazole rings is 1. The molecule has 1 aromatic heterocycles. The molecule has 8 heteroatoms. The Morgan fingerprint density at radius 3 is 2.51 bits per heavy atom. The van der Waals surface area contributed by atoms with Gasteiger partial charge in [0.2, 0.25) is 0 Å². The first kappa shape index (κ1) is 24.5. The molecule has 1 saturated heterocycles. The lowest BCUT2D eigenvalue weighted by Gasteiger charge is -2.23. The molecule has 0 unspecified atom stereocenters. The van der Waals surface area contributed by atoms with Gasteiger partial charge in [-0.15, -0.1) is 0 Å². The van der Waals surface area contributed by atoms with Gasteiger partial charge in [0.05, 0.1) is 35.5 Å². The summed E-state index contributed by atoms with van der Waals surface area (Å²) in [5.41, 5.74) is 3.88. The maximum Gasteiger partial charge on any atom is 0.301 e. The number of hydrogen-bond acceptors (Lipinski definition) is 7. The van der Waals surface area contributed by atoms with E-state index in [0.29, 0.717) is 34.4 Å². The molecule has 1 aliphatic heterocycles. The van der Waals surface area contributed by atoms with E-state index in [9.17, 15) is 14.7 Å². The van der Waals surface area contributed by atoms with Crippen molar-refractivity contribution in [2.24, 2.45) is 0 Å². The third kappa shape index (κ3) is 4.34. The summed E-state index contributed by atoms with van der Waals surface area (Å²) in [5.74, 6) is -0.561. The Bertz CT molecular complexity index is 1550. The number of hydrogen-bond donors (Lipinski definition) is 1. The van der Waals surface area contributed by atoms with Gasteiger partial charge >= 0.3 is 5.91 Å². The second kappa shape index (κ2) is 9.71. The number of Topliss-reactive ketones (excluding diaryl/α,β-unsaturated/α-hetero) is 1. The molecule has 188 valence electrons. The zero-order valence-corrected chi connectivity index (χ0v) is 21.8. The lowest BCUT2D eigenvalue weighted by atomic mass is 9.95. The van der Waals surface area contributed by atoms with Crippen LogP contribution in [-0.4, -0.2) is 35.5 Å². The number of ketones is 1. The van der Waals surface area contributed by atoms with E-state index in [1.165, 1.54) is 16.2 Å². The van der Waals surface area contributed by atoms with E-state index >= 15 is 0 Å². The molecule has 1 fully saturated rings. The molecule has 0 spiro atoms. The topological polar surface area (TPSA) is 89.0 Å². The fourth-order valence-electron chi connectivity index (χ4n) is 4.65. The van der Waals surface area contributed by atoms with Gasteiger partial charge in [-0.3, -0.25) is 14.5 Å². The van der Waals surface area contributed by atoms with Crippen molar-refractivity contribution in [1.29, 1.82) is 0 Å². The first-order valence-electron chi connectivity index (χ1n) is 11.9. The van der Waals surface area contributed by atoms with Gasteiger partial charge in [-0.05, 0) is 79.9 Å². The van der Waals surface area contributed by atoms with Crippen LogP contribution in [0.1, 0.15) is 35.2 Å². The third-order valence-corrected chi connectivity index (χ3v) is 7.32. The van der Waals surface area contributed by atoms with Gasteiger partial charge in [0, 0.05) is 5.56 Å². The van der Waals surface area contributed by atoms with E-state index in [0.717, 1.165) is 21.3 Å². The van der Waals surface area contributed by atoms with Gasteiger partial charge in [-0.2, -0.15) is 0 Å². The van der Waals surface area contributed by atoms with Crippen LogP contribution in [0.2, 0.25) is 0 Å². The molecule has 1 atom stereocenters. The number of fused-ring (bicyclic) bond motifs is 1. The number of rotatable bonds is 6. The molecule has 7 nitrogen and oxygen atoms in total. The number of carbonyl (C=O) groups excluding carboxylic acids is 2. The predicted octanol–water partition coefficient (Wildman–Crippen LogP) is 5.95. The van der Waals surface area contributed by atoms with E-state index in [1.54, 1.807) is 55.6 Å². The van der Waals surface area contributed by atoms with Crippen LogP contribution in [0.5, 0.6) is 11.5 Å². The van der Waals surface area contributed by atoms with Gasteiger partial charge in [0.15, 0.2) is 5.13 Å². The van der Waals surface area contributed by atoms with Crippen molar-refractivity contribution in [3.8, 4) is 11.5 Å². The monoisotopic (exact) mass is 514 g/mol. The van der Waals surface area contributed by atoms with Crippen LogP contribution in [0.3, 0.4) is 0 Å². The average molecular weight is 515 g/mol. The van der Waals surface area contributed by atoms with E-state index in [2.05, 4.69) is 0 Å². The minimum atomic E-state index is -0.886. The molecule has 1 amide bonds.